The third kappa shape index (κ3) is 3.80. The van der Waals surface area contributed by atoms with Crippen LogP contribution in [0, 0.1) is 0 Å². The van der Waals surface area contributed by atoms with E-state index in [1.165, 1.54) is 7.11 Å². The number of pyridine rings is 1. The van der Waals surface area contributed by atoms with Crippen molar-refractivity contribution in [1.82, 2.24) is 0 Å². The van der Waals surface area contributed by atoms with Crippen LogP contribution in [0.4, 0.5) is 5.69 Å². The minimum absolute atomic E-state index is 0.0338. The first kappa shape index (κ1) is 17.7. The van der Waals surface area contributed by atoms with Crippen LogP contribution in [0.15, 0.2) is 24.4 Å². The number of aromatic nitrogens is 1. The summed E-state index contributed by atoms with van der Waals surface area (Å²) in [5.74, 6) is -0.926. The highest BCUT2D eigenvalue weighted by molar-refractivity contribution is 6.05. The number of nitrogens with one attached hydrogen (secondary N) is 2. The van der Waals surface area contributed by atoms with Crippen molar-refractivity contribution in [1.29, 1.82) is 0 Å². The zero-order valence-electron chi connectivity index (χ0n) is 13.7. The van der Waals surface area contributed by atoms with Crippen LogP contribution in [0.25, 0.3) is 10.9 Å². The van der Waals surface area contributed by atoms with E-state index in [2.05, 4.69) is 10.3 Å². The number of carbonyl (C=O) groups is 2. The molecule has 128 valence electrons. The number of H-pyrrole nitrogens is 1. The quantitative estimate of drug-likeness (QED) is 0.587. The zero-order valence-corrected chi connectivity index (χ0v) is 13.7. The second-order valence-corrected chi connectivity index (χ2v) is 5.05. The Morgan fingerprint density at radius 1 is 1.29 bits per heavy atom. The van der Waals surface area contributed by atoms with Crippen LogP contribution >= 0.6 is 0 Å². The monoisotopic (exact) mass is 333 g/mol. The molecule has 24 heavy (non-hydrogen) atoms. The van der Waals surface area contributed by atoms with E-state index in [4.69, 9.17) is 14.6 Å². The maximum Gasteiger partial charge on any atom is 0.346 e. The molecule has 0 aliphatic rings. The second kappa shape index (κ2) is 8.26. The van der Waals surface area contributed by atoms with Crippen molar-refractivity contribution in [3.05, 3.63) is 35.5 Å². The van der Waals surface area contributed by atoms with E-state index in [9.17, 15) is 9.59 Å². The van der Waals surface area contributed by atoms with Gasteiger partial charge in [0.15, 0.2) is 6.20 Å². The number of rotatable bonds is 7. The normalized spacial score (nSPS) is 10.5. The van der Waals surface area contributed by atoms with Crippen molar-refractivity contribution >= 4 is 28.5 Å². The summed E-state index contributed by atoms with van der Waals surface area (Å²) in [5.41, 5.74) is 2.03. The van der Waals surface area contributed by atoms with E-state index in [1.807, 2.05) is 0 Å². The molecule has 7 heteroatoms. The van der Waals surface area contributed by atoms with Gasteiger partial charge in [0.1, 0.15) is 5.56 Å². The molecule has 7 nitrogen and oxygen atoms in total. The minimum atomic E-state index is -0.467. The van der Waals surface area contributed by atoms with Crippen molar-refractivity contribution in [3.63, 3.8) is 0 Å². The van der Waals surface area contributed by atoms with E-state index in [0.29, 0.717) is 35.2 Å². The summed E-state index contributed by atoms with van der Waals surface area (Å²) in [7, 11) is 1.31. The molecule has 0 saturated heterocycles. The van der Waals surface area contributed by atoms with Crippen molar-refractivity contribution in [2.24, 2.45) is 0 Å². The molecule has 3 N–H and O–H groups in total. The molecule has 0 bridgehead atoms. The Labute approximate surface area is 139 Å². The van der Waals surface area contributed by atoms with Gasteiger partial charge in [0.2, 0.25) is 5.52 Å². The second-order valence-electron chi connectivity index (χ2n) is 5.05. The molecule has 2 aromatic rings. The fourth-order valence-electron chi connectivity index (χ4n) is 2.34. The topological polar surface area (TPSA) is 99.0 Å². The van der Waals surface area contributed by atoms with Crippen molar-refractivity contribution < 1.29 is 29.2 Å². The van der Waals surface area contributed by atoms with Gasteiger partial charge < -0.3 is 19.9 Å². The molecular formula is C17H21N2O5+. The summed E-state index contributed by atoms with van der Waals surface area (Å²) < 4.78 is 9.83. The number of fused-ring (bicyclic) bond motifs is 1. The first-order valence-electron chi connectivity index (χ1n) is 7.71. The summed E-state index contributed by atoms with van der Waals surface area (Å²) >= 11 is 0. The first-order valence-corrected chi connectivity index (χ1v) is 7.71. The number of aliphatic hydroxyl groups excluding tert-OH is 1. The zero-order chi connectivity index (χ0) is 17.5. The van der Waals surface area contributed by atoms with E-state index in [-0.39, 0.29) is 13.2 Å². The maximum atomic E-state index is 12.2. The standard InChI is InChI=1S/C17H20N2O5/c1-3-24-17(22)13-10-19-14-6-5-11(16(21)23-2)9-12(14)15(13)18-7-4-8-20/h5-6,9-10,20H,3-4,7-8H2,1-2H3,(H,18,19)/p+1. The Hall–Kier alpha value is -2.67. The molecule has 0 fully saturated rings. The van der Waals surface area contributed by atoms with Crippen molar-refractivity contribution in [3.8, 4) is 0 Å². The number of carbonyl (C=O) groups excluding carboxylic acids is 2. The smallest absolute Gasteiger partial charge is 0.346 e. The Balaban J connectivity index is 2.56. The number of methoxy groups -OCH3 is 1. The number of aliphatic hydroxyl groups is 1. The van der Waals surface area contributed by atoms with Gasteiger partial charge in [0.05, 0.1) is 30.4 Å². The predicted octanol–water partition coefficient (Wildman–Crippen LogP) is 1.41. The Bertz CT molecular complexity index is 745. The van der Waals surface area contributed by atoms with Gasteiger partial charge in [0.25, 0.3) is 0 Å². The third-order valence-electron chi connectivity index (χ3n) is 3.48. The first-order chi connectivity index (χ1) is 11.6. The number of aromatic amines is 1. The van der Waals surface area contributed by atoms with Gasteiger partial charge in [-0.3, -0.25) is 0 Å². The Morgan fingerprint density at radius 2 is 2.08 bits per heavy atom. The largest absolute Gasteiger partial charge is 0.465 e. The SMILES string of the molecule is CCOC(=O)c1c[nH+]c2ccc(C(=O)OC)cc2c1NCCCO. The summed E-state index contributed by atoms with van der Waals surface area (Å²) in [6.07, 6.45) is 2.10. The molecule has 0 spiro atoms. The molecule has 0 aliphatic heterocycles. The highest BCUT2D eigenvalue weighted by atomic mass is 16.5. The van der Waals surface area contributed by atoms with Gasteiger partial charge in [-0.15, -0.1) is 0 Å². The fraction of sp³-hybridized carbons (Fsp3) is 0.353. The molecule has 0 unspecified atom stereocenters. The highest BCUT2D eigenvalue weighted by Gasteiger charge is 2.21. The van der Waals surface area contributed by atoms with Crippen molar-refractivity contribution in [2.45, 2.75) is 13.3 Å². The summed E-state index contributed by atoms with van der Waals surface area (Å²) in [6, 6.07) is 5.04. The molecule has 1 aromatic heterocycles. The van der Waals surface area contributed by atoms with Gasteiger partial charge in [0, 0.05) is 19.2 Å². The lowest BCUT2D eigenvalue weighted by Gasteiger charge is -2.12. The van der Waals surface area contributed by atoms with Crippen LogP contribution in [-0.4, -0.2) is 43.9 Å². The van der Waals surface area contributed by atoms with Gasteiger partial charge >= 0.3 is 11.9 Å². The summed E-state index contributed by atoms with van der Waals surface area (Å²) in [6.45, 7) is 2.50. The molecule has 0 saturated carbocycles. The van der Waals surface area contributed by atoms with E-state index < -0.39 is 11.9 Å². The van der Waals surface area contributed by atoms with Crippen LogP contribution in [0.2, 0.25) is 0 Å². The van der Waals surface area contributed by atoms with Crippen LogP contribution in [0.1, 0.15) is 34.1 Å². The van der Waals surface area contributed by atoms with E-state index >= 15 is 0 Å². The molecular weight excluding hydrogens is 312 g/mol. The average molecular weight is 333 g/mol. The molecule has 0 aliphatic carbocycles. The van der Waals surface area contributed by atoms with Crippen LogP contribution in [0.3, 0.4) is 0 Å². The number of hydrogen-bond donors (Lipinski definition) is 2. The Kier molecular flexibility index (Phi) is 6.08. The van der Waals surface area contributed by atoms with Crippen LogP contribution in [-0.2, 0) is 9.47 Å². The number of hydrogen-bond acceptors (Lipinski definition) is 6. The van der Waals surface area contributed by atoms with E-state index in [0.717, 1.165) is 5.52 Å². The summed E-state index contributed by atoms with van der Waals surface area (Å²) in [4.78, 5) is 27.0. The minimum Gasteiger partial charge on any atom is -0.465 e. The highest BCUT2D eigenvalue weighted by Crippen LogP contribution is 2.26. The molecule has 1 aromatic carbocycles. The summed E-state index contributed by atoms with van der Waals surface area (Å²) in [5, 5.41) is 12.8. The number of anilines is 1. The third-order valence-corrected chi connectivity index (χ3v) is 3.48. The van der Waals surface area contributed by atoms with Gasteiger partial charge in [-0.25, -0.2) is 14.6 Å². The number of esters is 2. The lowest BCUT2D eigenvalue weighted by Crippen LogP contribution is -2.17. The number of ether oxygens (including phenoxy) is 2. The lowest BCUT2D eigenvalue weighted by atomic mass is 10.1. The van der Waals surface area contributed by atoms with Crippen LogP contribution in [0.5, 0.6) is 0 Å². The predicted molar refractivity (Wildman–Crippen MR) is 88.0 cm³/mol. The van der Waals surface area contributed by atoms with Crippen molar-refractivity contribution in [2.75, 3.05) is 32.2 Å². The maximum absolute atomic E-state index is 12.2. The molecule has 0 atom stereocenters. The molecule has 0 amide bonds. The number of benzene rings is 1. The molecule has 1 heterocycles. The fourth-order valence-corrected chi connectivity index (χ4v) is 2.34. The lowest BCUT2D eigenvalue weighted by molar-refractivity contribution is -0.344. The van der Waals surface area contributed by atoms with Crippen LogP contribution < -0.4 is 10.3 Å². The van der Waals surface area contributed by atoms with Gasteiger partial charge in [-0.1, -0.05) is 0 Å². The molecule has 0 radical (unpaired) electrons. The molecule has 2 rings (SSSR count). The van der Waals surface area contributed by atoms with Gasteiger partial charge in [-0.2, -0.15) is 0 Å². The van der Waals surface area contributed by atoms with Gasteiger partial charge in [-0.05, 0) is 25.5 Å². The Morgan fingerprint density at radius 3 is 2.75 bits per heavy atom. The average Bonchev–Trinajstić information content (AvgIpc) is 2.61. The van der Waals surface area contributed by atoms with E-state index in [1.54, 1.807) is 31.3 Å².